The van der Waals surface area contributed by atoms with Gasteiger partial charge in [-0.15, -0.1) is 0 Å². The Labute approximate surface area is 215 Å². The number of methoxy groups -OCH3 is 3. The molecule has 2 aromatic carbocycles. The Hall–Kier alpha value is -3.89. The van der Waals surface area contributed by atoms with Crippen LogP contribution in [0.15, 0.2) is 36.4 Å². The van der Waals surface area contributed by atoms with Crippen LogP contribution in [0.2, 0.25) is 0 Å². The summed E-state index contributed by atoms with van der Waals surface area (Å²) in [5.74, 6) is -0.464. The summed E-state index contributed by atoms with van der Waals surface area (Å²) in [5, 5.41) is 22.2. The Morgan fingerprint density at radius 1 is 1.05 bits per heavy atom. The molecule has 10 nitrogen and oxygen atoms in total. The maximum Gasteiger partial charge on any atom is 0.328 e. The number of amides is 2. The van der Waals surface area contributed by atoms with Crippen molar-refractivity contribution in [1.82, 2.24) is 10.2 Å². The summed E-state index contributed by atoms with van der Waals surface area (Å²) in [6, 6.07) is 7.05. The van der Waals surface area contributed by atoms with Crippen molar-refractivity contribution in [3.8, 4) is 11.5 Å². The summed E-state index contributed by atoms with van der Waals surface area (Å²) >= 11 is 0. The molecule has 0 bridgehead atoms. The van der Waals surface area contributed by atoms with E-state index in [-0.39, 0.29) is 36.8 Å². The number of carbonyl (C=O) groups is 3. The lowest BCUT2D eigenvalue weighted by Crippen LogP contribution is -2.42. The van der Waals surface area contributed by atoms with E-state index in [0.717, 1.165) is 16.9 Å². The topological polar surface area (TPSA) is 135 Å². The van der Waals surface area contributed by atoms with Gasteiger partial charge in [0.2, 0.25) is 5.91 Å². The van der Waals surface area contributed by atoms with Gasteiger partial charge in [0.15, 0.2) is 0 Å². The Morgan fingerprint density at radius 3 is 2.38 bits per heavy atom. The minimum Gasteiger partial charge on any atom is -0.496 e. The second-order valence-corrected chi connectivity index (χ2v) is 8.63. The number of hydrogen-bond acceptors (Lipinski definition) is 8. The van der Waals surface area contributed by atoms with Crippen molar-refractivity contribution >= 4 is 23.9 Å². The first kappa shape index (κ1) is 27.7. The van der Waals surface area contributed by atoms with E-state index in [4.69, 9.17) is 14.2 Å². The molecule has 1 saturated heterocycles. The number of aliphatic hydroxyl groups is 2. The Balaban J connectivity index is 1.77. The van der Waals surface area contributed by atoms with Crippen LogP contribution in [0.25, 0.3) is 6.08 Å². The van der Waals surface area contributed by atoms with Gasteiger partial charge in [0.05, 0.1) is 34.5 Å². The fourth-order valence-electron chi connectivity index (χ4n) is 4.45. The minimum absolute atomic E-state index is 0.0817. The summed E-state index contributed by atoms with van der Waals surface area (Å²) in [6.45, 7) is 1.20. The molecule has 0 radical (unpaired) electrons. The van der Waals surface area contributed by atoms with Gasteiger partial charge < -0.3 is 34.6 Å². The summed E-state index contributed by atoms with van der Waals surface area (Å²) < 4.78 is 15.4. The van der Waals surface area contributed by atoms with Gasteiger partial charge in [-0.2, -0.15) is 0 Å². The molecular weight excluding hydrogens is 480 g/mol. The van der Waals surface area contributed by atoms with E-state index in [9.17, 15) is 24.6 Å². The first-order chi connectivity index (χ1) is 17.8. The van der Waals surface area contributed by atoms with Crippen molar-refractivity contribution in [3.05, 3.63) is 64.2 Å². The smallest absolute Gasteiger partial charge is 0.328 e. The van der Waals surface area contributed by atoms with Crippen molar-refractivity contribution in [2.24, 2.45) is 0 Å². The number of benzene rings is 2. The lowest BCUT2D eigenvalue weighted by Gasteiger charge is -2.23. The molecule has 0 spiro atoms. The third-order valence-corrected chi connectivity index (χ3v) is 6.32. The average molecular weight is 513 g/mol. The maximum atomic E-state index is 13.4. The van der Waals surface area contributed by atoms with Crippen LogP contribution in [0.5, 0.6) is 11.5 Å². The third kappa shape index (κ3) is 6.28. The molecule has 3 rings (SSSR count). The van der Waals surface area contributed by atoms with Gasteiger partial charge in [-0.05, 0) is 54.0 Å². The van der Waals surface area contributed by atoms with Crippen LogP contribution < -0.4 is 14.8 Å². The molecule has 198 valence electrons. The standard InChI is InChI=1S/C27H32N2O8/c1-16-9-17(5-7-23(16)35-2)6-8-25(32)28-20-12-22(27(34)37-4)29(13-20)26(33)18-10-19(14-30)21(15-31)24(11-18)36-3/h5-11,20,22,30-31H,12-15H2,1-4H3,(H,28,32)/b8-6+/t20-,22+/m1/s1. The Bertz CT molecular complexity index is 1170. The number of aliphatic hydroxyl groups excluding tert-OH is 2. The molecule has 2 aromatic rings. The van der Waals surface area contributed by atoms with Gasteiger partial charge >= 0.3 is 5.97 Å². The lowest BCUT2D eigenvalue weighted by molar-refractivity contribution is -0.145. The van der Waals surface area contributed by atoms with E-state index in [2.05, 4.69) is 5.32 Å². The zero-order valence-corrected chi connectivity index (χ0v) is 21.3. The normalized spacial score (nSPS) is 17.1. The molecule has 2 atom stereocenters. The molecule has 37 heavy (non-hydrogen) atoms. The minimum atomic E-state index is -0.905. The number of ether oxygens (including phenoxy) is 3. The fraction of sp³-hybridized carbons (Fsp3) is 0.370. The second kappa shape index (κ2) is 12.4. The number of esters is 1. The SMILES string of the molecule is COC(=O)[C@@H]1C[C@@H](NC(=O)/C=C/c2ccc(OC)c(C)c2)CN1C(=O)c1cc(CO)c(CO)c(OC)c1. The largest absolute Gasteiger partial charge is 0.496 e. The highest BCUT2D eigenvalue weighted by molar-refractivity contribution is 5.98. The van der Waals surface area contributed by atoms with E-state index in [1.807, 2.05) is 25.1 Å². The predicted molar refractivity (Wildman–Crippen MR) is 135 cm³/mol. The number of hydrogen-bond donors (Lipinski definition) is 3. The van der Waals surface area contributed by atoms with Crippen LogP contribution in [-0.4, -0.2) is 72.9 Å². The van der Waals surface area contributed by atoms with Gasteiger partial charge in [-0.1, -0.05) is 6.07 Å². The highest BCUT2D eigenvalue weighted by Gasteiger charge is 2.41. The highest BCUT2D eigenvalue weighted by atomic mass is 16.5. The fourth-order valence-corrected chi connectivity index (χ4v) is 4.45. The molecule has 3 N–H and O–H groups in total. The number of aryl methyl sites for hydroxylation is 1. The van der Waals surface area contributed by atoms with Crippen molar-refractivity contribution < 1.29 is 38.8 Å². The van der Waals surface area contributed by atoms with Crippen LogP contribution in [-0.2, 0) is 27.5 Å². The highest BCUT2D eigenvalue weighted by Crippen LogP contribution is 2.28. The molecule has 1 aliphatic heterocycles. The zero-order chi connectivity index (χ0) is 27.1. The predicted octanol–water partition coefficient (Wildman–Crippen LogP) is 1.58. The van der Waals surface area contributed by atoms with Crippen molar-refractivity contribution in [2.75, 3.05) is 27.9 Å². The molecule has 1 heterocycles. The Kier molecular flexibility index (Phi) is 9.26. The number of carbonyl (C=O) groups excluding carboxylic acids is 3. The monoisotopic (exact) mass is 512 g/mol. The summed E-state index contributed by atoms with van der Waals surface area (Å²) in [7, 11) is 4.22. The van der Waals surface area contributed by atoms with Gasteiger partial charge in [0.1, 0.15) is 17.5 Å². The second-order valence-electron chi connectivity index (χ2n) is 8.63. The van der Waals surface area contributed by atoms with Gasteiger partial charge in [-0.3, -0.25) is 9.59 Å². The first-order valence-electron chi connectivity index (χ1n) is 11.7. The summed E-state index contributed by atoms with van der Waals surface area (Å²) in [5.41, 5.74) is 2.64. The molecule has 0 aromatic heterocycles. The van der Waals surface area contributed by atoms with Gasteiger partial charge in [-0.25, -0.2) is 4.79 Å². The van der Waals surface area contributed by atoms with E-state index in [0.29, 0.717) is 11.1 Å². The van der Waals surface area contributed by atoms with Gasteiger partial charge in [0, 0.05) is 36.2 Å². The summed E-state index contributed by atoms with van der Waals surface area (Å²) in [4.78, 5) is 39.8. The van der Waals surface area contributed by atoms with Crippen LogP contribution in [0.1, 0.15) is 39.0 Å². The number of likely N-dealkylation sites (tertiary alicyclic amines) is 1. The third-order valence-electron chi connectivity index (χ3n) is 6.32. The van der Waals surface area contributed by atoms with Gasteiger partial charge in [0.25, 0.3) is 5.91 Å². The molecule has 2 amide bonds. The molecule has 10 heteroatoms. The van der Waals surface area contributed by atoms with Crippen molar-refractivity contribution in [3.63, 3.8) is 0 Å². The molecule has 1 fully saturated rings. The van der Waals surface area contributed by atoms with E-state index in [1.54, 1.807) is 13.2 Å². The molecular formula is C27H32N2O8. The number of rotatable bonds is 9. The molecule has 1 aliphatic rings. The van der Waals surface area contributed by atoms with Crippen LogP contribution in [0.3, 0.4) is 0 Å². The van der Waals surface area contributed by atoms with E-state index >= 15 is 0 Å². The van der Waals surface area contributed by atoms with Crippen molar-refractivity contribution in [2.45, 2.75) is 38.6 Å². The molecule has 0 aliphatic carbocycles. The number of nitrogens with one attached hydrogen (secondary N) is 1. The van der Waals surface area contributed by atoms with Crippen LogP contribution in [0.4, 0.5) is 0 Å². The molecule has 0 saturated carbocycles. The Morgan fingerprint density at radius 2 is 1.78 bits per heavy atom. The zero-order valence-electron chi connectivity index (χ0n) is 21.3. The quantitative estimate of drug-likeness (QED) is 0.341. The molecule has 0 unspecified atom stereocenters. The summed E-state index contributed by atoms with van der Waals surface area (Å²) in [6.07, 6.45) is 3.24. The van der Waals surface area contributed by atoms with E-state index in [1.165, 1.54) is 37.3 Å². The van der Waals surface area contributed by atoms with Crippen molar-refractivity contribution in [1.29, 1.82) is 0 Å². The average Bonchev–Trinajstić information content (AvgIpc) is 3.33. The number of nitrogens with zero attached hydrogens (tertiary/aromatic N) is 1. The maximum absolute atomic E-state index is 13.4. The van der Waals surface area contributed by atoms with E-state index < -0.39 is 30.6 Å². The first-order valence-corrected chi connectivity index (χ1v) is 11.7. The lowest BCUT2D eigenvalue weighted by atomic mass is 10.0. The van der Waals surface area contributed by atoms with Crippen LogP contribution >= 0.6 is 0 Å². The van der Waals surface area contributed by atoms with Crippen LogP contribution in [0, 0.1) is 6.92 Å².